The van der Waals surface area contributed by atoms with E-state index in [1.165, 1.54) is 12.1 Å². The molecule has 0 bridgehead atoms. The summed E-state index contributed by atoms with van der Waals surface area (Å²) in [6.07, 6.45) is 5.50. The number of aromatic amines is 2. The maximum Gasteiger partial charge on any atom is 0.138 e. The lowest BCUT2D eigenvalue weighted by atomic mass is 10.0. The number of halogens is 1. The van der Waals surface area contributed by atoms with E-state index in [0.29, 0.717) is 18.0 Å². The predicted molar refractivity (Wildman–Crippen MR) is 161 cm³/mol. The van der Waals surface area contributed by atoms with Crippen LogP contribution >= 0.6 is 0 Å². The smallest absolute Gasteiger partial charge is 0.138 e. The zero-order valence-electron chi connectivity index (χ0n) is 23.3. The highest BCUT2D eigenvalue weighted by Gasteiger charge is 2.16. The van der Waals surface area contributed by atoms with Crippen LogP contribution in [0.3, 0.4) is 0 Å². The van der Waals surface area contributed by atoms with Crippen molar-refractivity contribution in [2.75, 3.05) is 33.8 Å². The van der Waals surface area contributed by atoms with Crippen molar-refractivity contribution in [1.82, 2.24) is 35.4 Å². The zero-order chi connectivity index (χ0) is 28.3. The topological polar surface area (TPSA) is 94.8 Å². The summed E-state index contributed by atoms with van der Waals surface area (Å²) in [6, 6.07) is 17.1. The Kier molecular flexibility index (Phi) is 7.45. The molecule has 0 aliphatic heterocycles. The Morgan fingerprint density at radius 2 is 1.85 bits per heavy atom. The highest BCUT2D eigenvalue weighted by Crippen LogP contribution is 2.36. The SMILES string of the molecule is CCNCc1cncc(-c2ccc3[nH]nc(-c4cc5c(-c6cc(F)cc(OCCN(C)C)c6)ccnc5[nH]4)c3c2)c1. The molecule has 4 aromatic heterocycles. The highest BCUT2D eigenvalue weighted by molar-refractivity contribution is 6.00. The van der Waals surface area contributed by atoms with Crippen LogP contribution in [0.25, 0.3) is 55.6 Å². The number of ether oxygens (including phenoxy) is 1. The fourth-order valence-electron chi connectivity index (χ4n) is 4.96. The molecule has 6 rings (SSSR count). The number of fused-ring (bicyclic) bond motifs is 2. The molecule has 41 heavy (non-hydrogen) atoms. The van der Waals surface area contributed by atoms with E-state index in [4.69, 9.17) is 4.74 Å². The van der Waals surface area contributed by atoms with E-state index >= 15 is 0 Å². The monoisotopic (exact) mass is 549 g/mol. The van der Waals surface area contributed by atoms with Crippen LogP contribution in [-0.4, -0.2) is 63.8 Å². The Morgan fingerprint density at radius 1 is 0.951 bits per heavy atom. The van der Waals surface area contributed by atoms with Gasteiger partial charge in [0.2, 0.25) is 0 Å². The minimum absolute atomic E-state index is 0.349. The molecule has 3 N–H and O–H groups in total. The summed E-state index contributed by atoms with van der Waals surface area (Å²) in [5.74, 6) is 0.148. The van der Waals surface area contributed by atoms with Crippen LogP contribution in [0.2, 0.25) is 0 Å². The van der Waals surface area contributed by atoms with Crippen LogP contribution < -0.4 is 10.1 Å². The minimum Gasteiger partial charge on any atom is -0.492 e. The summed E-state index contributed by atoms with van der Waals surface area (Å²) < 4.78 is 20.5. The molecule has 0 atom stereocenters. The van der Waals surface area contributed by atoms with Gasteiger partial charge >= 0.3 is 0 Å². The van der Waals surface area contributed by atoms with Gasteiger partial charge in [-0.1, -0.05) is 13.0 Å². The Bertz CT molecular complexity index is 1820. The molecule has 0 spiro atoms. The molecule has 9 heteroatoms. The van der Waals surface area contributed by atoms with E-state index < -0.39 is 0 Å². The second kappa shape index (κ2) is 11.5. The van der Waals surface area contributed by atoms with Crippen molar-refractivity contribution in [2.24, 2.45) is 0 Å². The van der Waals surface area contributed by atoms with Crippen LogP contribution in [0.15, 0.2) is 73.2 Å². The molecular weight excluding hydrogens is 517 g/mol. The van der Waals surface area contributed by atoms with E-state index in [1.54, 1.807) is 6.20 Å². The molecule has 0 fully saturated rings. The van der Waals surface area contributed by atoms with Gasteiger partial charge in [0.1, 0.15) is 29.5 Å². The standard InChI is InChI=1S/C32H32FN7O/c1-4-34-17-20-11-23(19-35-18-20)21-5-6-29-28(14-21)31(39-38-29)30-16-27-26(7-8-36-32(27)37-30)22-12-24(33)15-25(13-22)41-10-9-40(2)3/h5-8,11-16,18-19,34H,4,9-10,17H2,1-3H3,(H,36,37)(H,38,39). The van der Waals surface area contributed by atoms with Gasteiger partial charge in [0.05, 0.1) is 11.2 Å². The Labute approximate surface area is 237 Å². The predicted octanol–water partition coefficient (Wildman–Crippen LogP) is 6.02. The van der Waals surface area contributed by atoms with E-state index in [-0.39, 0.29) is 5.82 Å². The molecule has 8 nitrogen and oxygen atoms in total. The molecule has 0 amide bonds. The number of pyridine rings is 2. The van der Waals surface area contributed by atoms with Crippen molar-refractivity contribution in [3.05, 3.63) is 84.6 Å². The van der Waals surface area contributed by atoms with Crippen LogP contribution in [0.1, 0.15) is 12.5 Å². The Hall–Kier alpha value is -4.60. The van der Waals surface area contributed by atoms with Gasteiger partial charge in [-0.3, -0.25) is 10.1 Å². The molecule has 0 saturated carbocycles. The average molecular weight is 550 g/mol. The molecule has 0 saturated heterocycles. The average Bonchev–Trinajstić information content (AvgIpc) is 3.59. The van der Waals surface area contributed by atoms with Crippen molar-refractivity contribution in [3.8, 4) is 39.4 Å². The number of benzene rings is 2. The number of likely N-dealkylation sites (N-methyl/N-ethyl adjacent to an activating group) is 1. The molecule has 2 aromatic carbocycles. The number of rotatable bonds is 10. The van der Waals surface area contributed by atoms with Gasteiger partial charge in [0, 0.05) is 54.1 Å². The van der Waals surface area contributed by atoms with E-state index in [0.717, 1.165) is 75.1 Å². The van der Waals surface area contributed by atoms with Gasteiger partial charge in [-0.15, -0.1) is 0 Å². The molecule has 0 radical (unpaired) electrons. The maximum absolute atomic E-state index is 14.6. The maximum atomic E-state index is 14.6. The van der Waals surface area contributed by atoms with Crippen molar-refractivity contribution >= 4 is 21.9 Å². The van der Waals surface area contributed by atoms with Crippen molar-refractivity contribution < 1.29 is 9.13 Å². The summed E-state index contributed by atoms with van der Waals surface area (Å²) in [6.45, 7) is 4.98. The molecule has 0 aliphatic carbocycles. The summed E-state index contributed by atoms with van der Waals surface area (Å²) in [4.78, 5) is 14.4. The molecule has 6 aromatic rings. The molecule has 0 aliphatic rings. The zero-order valence-corrected chi connectivity index (χ0v) is 23.3. The van der Waals surface area contributed by atoms with Crippen LogP contribution in [-0.2, 0) is 6.54 Å². The van der Waals surface area contributed by atoms with Gasteiger partial charge < -0.3 is 19.9 Å². The quantitative estimate of drug-likeness (QED) is 0.193. The third-order valence-electron chi connectivity index (χ3n) is 7.05. The second-order valence-electron chi connectivity index (χ2n) is 10.3. The van der Waals surface area contributed by atoms with Crippen LogP contribution in [0.4, 0.5) is 4.39 Å². The fourth-order valence-corrected chi connectivity index (χ4v) is 4.96. The number of nitrogens with zero attached hydrogens (tertiary/aromatic N) is 4. The minimum atomic E-state index is -0.349. The molecule has 4 heterocycles. The van der Waals surface area contributed by atoms with Gasteiger partial charge in [-0.25, -0.2) is 9.37 Å². The first-order valence-corrected chi connectivity index (χ1v) is 13.7. The number of H-pyrrole nitrogens is 2. The summed E-state index contributed by atoms with van der Waals surface area (Å²) in [5, 5.41) is 13.0. The van der Waals surface area contributed by atoms with Crippen molar-refractivity contribution in [1.29, 1.82) is 0 Å². The van der Waals surface area contributed by atoms with E-state index in [9.17, 15) is 4.39 Å². The number of nitrogens with one attached hydrogen (secondary N) is 3. The lowest BCUT2D eigenvalue weighted by Gasteiger charge is -2.12. The molecule has 208 valence electrons. The number of hydrogen-bond acceptors (Lipinski definition) is 6. The Morgan fingerprint density at radius 3 is 2.71 bits per heavy atom. The summed E-state index contributed by atoms with van der Waals surface area (Å²) in [5.41, 5.74) is 8.06. The normalized spacial score (nSPS) is 11.6. The lowest BCUT2D eigenvalue weighted by Crippen LogP contribution is -2.19. The van der Waals surface area contributed by atoms with Crippen LogP contribution in [0, 0.1) is 5.82 Å². The lowest BCUT2D eigenvalue weighted by molar-refractivity contribution is 0.260. The molecule has 0 unspecified atom stereocenters. The third-order valence-corrected chi connectivity index (χ3v) is 7.05. The third kappa shape index (κ3) is 5.68. The second-order valence-corrected chi connectivity index (χ2v) is 10.3. The Balaban J connectivity index is 1.37. The summed E-state index contributed by atoms with van der Waals surface area (Å²) >= 11 is 0. The van der Waals surface area contributed by atoms with Gasteiger partial charge in [0.15, 0.2) is 0 Å². The summed E-state index contributed by atoms with van der Waals surface area (Å²) in [7, 11) is 3.95. The first kappa shape index (κ1) is 26.6. The number of hydrogen-bond donors (Lipinski definition) is 3. The van der Waals surface area contributed by atoms with E-state index in [1.807, 2.05) is 55.7 Å². The van der Waals surface area contributed by atoms with Crippen LogP contribution in [0.5, 0.6) is 5.75 Å². The molecular formula is C32H32FN7O. The van der Waals surface area contributed by atoms with Crippen molar-refractivity contribution in [2.45, 2.75) is 13.5 Å². The van der Waals surface area contributed by atoms with Gasteiger partial charge in [-0.05, 0) is 85.4 Å². The van der Waals surface area contributed by atoms with Gasteiger partial charge in [-0.2, -0.15) is 5.10 Å². The first-order chi connectivity index (χ1) is 20.0. The fraction of sp³-hybridized carbons (Fsp3) is 0.219. The first-order valence-electron chi connectivity index (χ1n) is 13.7. The van der Waals surface area contributed by atoms with E-state index in [2.05, 4.69) is 55.6 Å². The highest BCUT2D eigenvalue weighted by atomic mass is 19.1. The number of aromatic nitrogens is 5. The van der Waals surface area contributed by atoms with Gasteiger partial charge in [0.25, 0.3) is 0 Å². The van der Waals surface area contributed by atoms with Crippen molar-refractivity contribution in [3.63, 3.8) is 0 Å². The largest absolute Gasteiger partial charge is 0.492 e.